The monoisotopic (exact) mass is 389 g/mol. The summed E-state index contributed by atoms with van der Waals surface area (Å²) in [5.41, 5.74) is 1.30. The molecule has 0 heterocycles. The van der Waals surface area contributed by atoms with E-state index in [2.05, 4.69) is 4.72 Å². The lowest BCUT2D eigenvalue weighted by Crippen LogP contribution is -2.26. The highest BCUT2D eigenvalue weighted by Gasteiger charge is 2.19. The minimum absolute atomic E-state index is 0.124. The Morgan fingerprint density at radius 2 is 1.73 bits per heavy atom. The standard InChI is InChI=1S/C20H20ClNO3S/c1-14-18(21)10-5-11-20(14)26(24,25)22-13-12-19(23)17-9-4-7-15-6-2-3-8-16(15)17/h2-11,19,22-23H,12-13H2,1H3. The summed E-state index contributed by atoms with van der Waals surface area (Å²) in [5, 5.41) is 12.9. The van der Waals surface area contributed by atoms with Crippen LogP contribution in [-0.4, -0.2) is 20.1 Å². The van der Waals surface area contributed by atoms with Crippen molar-refractivity contribution in [3.05, 3.63) is 76.8 Å². The van der Waals surface area contributed by atoms with E-state index in [0.717, 1.165) is 16.3 Å². The molecule has 3 aromatic carbocycles. The smallest absolute Gasteiger partial charge is 0.240 e. The van der Waals surface area contributed by atoms with Crippen LogP contribution in [-0.2, 0) is 10.0 Å². The van der Waals surface area contributed by atoms with Gasteiger partial charge in [-0.25, -0.2) is 13.1 Å². The predicted octanol–water partition coefficient (Wildman–Crippen LogP) is 4.20. The van der Waals surface area contributed by atoms with Gasteiger partial charge in [-0.05, 0) is 47.4 Å². The molecule has 0 saturated carbocycles. The number of hydrogen-bond donors (Lipinski definition) is 2. The maximum absolute atomic E-state index is 12.5. The lowest BCUT2D eigenvalue weighted by molar-refractivity contribution is 0.170. The van der Waals surface area contributed by atoms with E-state index < -0.39 is 16.1 Å². The first-order chi connectivity index (χ1) is 12.4. The number of nitrogens with one attached hydrogen (secondary N) is 1. The number of fused-ring (bicyclic) bond motifs is 1. The largest absolute Gasteiger partial charge is 0.388 e. The molecular weight excluding hydrogens is 370 g/mol. The van der Waals surface area contributed by atoms with Gasteiger partial charge in [0.05, 0.1) is 11.0 Å². The third-order valence-electron chi connectivity index (χ3n) is 4.40. The summed E-state index contributed by atoms with van der Waals surface area (Å²) in [6, 6.07) is 18.3. The molecule has 0 bridgehead atoms. The molecule has 0 aliphatic heterocycles. The van der Waals surface area contributed by atoms with Crippen molar-refractivity contribution in [2.24, 2.45) is 0 Å². The number of aliphatic hydroxyl groups excluding tert-OH is 1. The first kappa shape index (κ1) is 18.9. The van der Waals surface area contributed by atoms with Gasteiger partial charge in [-0.2, -0.15) is 0 Å². The molecule has 1 unspecified atom stereocenters. The van der Waals surface area contributed by atoms with Crippen LogP contribution in [0.25, 0.3) is 10.8 Å². The van der Waals surface area contributed by atoms with Crippen molar-refractivity contribution in [1.29, 1.82) is 0 Å². The van der Waals surface area contributed by atoms with Crippen LogP contribution < -0.4 is 4.72 Å². The second kappa shape index (κ2) is 7.76. The van der Waals surface area contributed by atoms with Gasteiger partial charge in [-0.1, -0.05) is 60.1 Å². The summed E-state index contributed by atoms with van der Waals surface area (Å²) in [6.45, 7) is 1.79. The van der Waals surface area contributed by atoms with Crippen molar-refractivity contribution in [2.45, 2.75) is 24.3 Å². The van der Waals surface area contributed by atoms with Gasteiger partial charge in [0.25, 0.3) is 0 Å². The molecule has 0 amide bonds. The Balaban J connectivity index is 1.72. The van der Waals surface area contributed by atoms with Gasteiger partial charge in [0.15, 0.2) is 0 Å². The number of rotatable bonds is 6. The maximum atomic E-state index is 12.5. The fourth-order valence-electron chi connectivity index (χ4n) is 2.98. The van der Waals surface area contributed by atoms with Crippen LogP contribution >= 0.6 is 11.6 Å². The summed E-state index contributed by atoms with van der Waals surface area (Å²) in [6.07, 6.45) is -0.489. The summed E-state index contributed by atoms with van der Waals surface area (Å²) >= 11 is 6.01. The van der Waals surface area contributed by atoms with Crippen molar-refractivity contribution >= 4 is 32.4 Å². The minimum Gasteiger partial charge on any atom is -0.388 e. The number of halogens is 1. The molecule has 3 aromatic rings. The quantitative estimate of drug-likeness (QED) is 0.663. The number of hydrogen-bond acceptors (Lipinski definition) is 3. The Kier molecular flexibility index (Phi) is 5.63. The third-order valence-corrected chi connectivity index (χ3v) is 6.41. The van der Waals surface area contributed by atoms with Crippen LogP contribution in [0.4, 0.5) is 0 Å². The zero-order valence-electron chi connectivity index (χ0n) is 14.3. The van der Waals surface area contributed by atoms with Gasteiger partial charge in [0, 0.05) is 11.6 Å². The summed E-state index contributed by atoms with van der Waals surface area (Å²) in [7, 11) is -3.68. The first-order valence-corrected chi connectivity index (χ1v) is 10.2. The lowest BCUT2D eigenvalue weighted by atomic mass is 9.99. The second-order valence-electron chi connectivity index (χ2n) is 6.13. The van der Waals surface area contributed by atoms with E-state index in [4.69, 9.17) is 11.6 Å². The summed E-state index contributed by atoms with van der Waals surface area (Å²) < 4.78 is 27.5. The second-order valence-corrected chi connectivity index (χ2v) is 8.28. The van der Waals surface area contributed by atoms with Gasteiger partial charge in [0.1, 0.15) is 0 Å². The highest BCUT2D eigenvalue weighted by Crippen LogP contribution is 2.26. The highest BCUT2D eigenvalue weighted by molar-refractivity contribution is 7.89. The molecule has 0 radical (unpaired) electrons. The lowest BCUT2D eigenvalue weighted by Gasteiger charge is -2.15. The van der Waals surface area contributed by atoms with Crippen LogP contribution in [0.5, 0.6) is 0 Å². The third kappa shape index (κ3) is 3.91. The Morgan fingerprint density at radius 1 is 1.04 bits per heavy atom. The molecule has 2 N–H and O–H groups in total. The van der Waals surface area contributed by atoms with Crippen LogP contribution in [0, 0.1) is 6.92 Å². The number of sulfonamides is 1. The average Bonchev–Trinajstić information content (AvgIpc) is 2.63. The molecular formula is C20H20ClNO3S. The zero-order chi connectivity index (χ0) is 18.7. The van der Waals surface area contributed by atoms with E-state index in [0.29, 0.717) is 10.6 Å². The Labute approximate surface area is 158 Å². The van der Waals surface area contributed by atoms with E-state index >= 15 is 0 Å². The molecule has 0 spiro atoms. The normalized spacial score (nSPS) is 13.0. The molecule has 0 fully saturated rings. The van der Waals surface area contributed by atoms with E-state index in [1.807, 2.05) is 42.5 Å². The van der Waals surface area contributed by atoms with Crippen molar-refractivity contribution in [3.63, 3.8) is 0 Å². The van der Waals surface area contributed by atoms with Crippen LogP contribution in [0.3, 0.4) is 0 Å². The number of aliphatic hydroxyl groups is 1. The molecule has 0 saturated heterocycles. The fraction of sp³-hybridized carbons (Fsp3) is 0.200. The van der Waals surface area contributed by atoms with Gasteiger partial charge in [0.2, 0.25) is 10.0 Å². The topological polar surface area (TPSA) is 66.4 Å². The number of benzene rings is 3. The Bertz CT molecular complexity index is 1030. The van der Waals surface area contributed by atoms with Gasteiger partial charge < -0.3 is 5.11 Å². The van der Waals surface area contributed by atoms with Crippen LogP contribution in [0.1, 0.15) is 23.7 Å². The molecule has 1 atom stereocenters. The maximum Gasteiger partial charge on any atom is 0.240 e. The molecule has 3 rings (SSSR count). The minimum atomic E-state index is -3.68. The molecule has 0 aliphatic rings. The summed E-state index contributed by atoms with van der Waals surface area (Å²) in [4.78, 5) is 0.157. The molecule has 0 aliphatic carbocycles. The molecule has 26 heavy (non-hydrogen) atoms. The van der Waals surface area contributed by atoms with Gasteiger partial charge in [-0.3, -0.25) is 0 Å². The highest BCUT2D eigenvalue weighted by atomic mass is 35.5. The van der Waals surface area contributed by atoms with Crippen molar-refractivity contribution in [3.8, 4) is 0 Å². The molecule has 0 aromatic heterocycles. The zero-order valence-corrected chi connectivity index (χ0v) is 15.9. The van der Waals surface area contributed by atoms with Crippen molar-refractivity contribution < 1.29 is 13.5 Å². The van der Waals surface area contributed by atoms with Crippen LogP contribution in [0.2, 0.25) is 5.02 Å². The van der Waals surface area contributed by atoms with E-state index in [9.17, 15) is 13.5 Å². The van der Waals surface area contributed by atoms with Gasteiger partial charge >= 0.3 is 0 Å². The predicted molar refractivity (Wildman–Crippen MR) is 105 cm³/mol. The van der Waals surface area contributed by atoms with Crippen molar-refractivity contribution in [2.75, 3.05) is 6.54 Å². The van der Waals surface area contributed by atoms with Gasteiger partial charge in [-0.15, -0.1) is 0 Å². The Morgan fingerprint density at radius 3 is 2.54 bits per heavy atom. The summed E-state index contributed by atoms with van der Waals surface area (Å²) in [5.74, 6) is 0. The molecule has 4 nitrogen and oxygen atoms in total. The molecule has 6 heteroatoms. The van der Waals surface area contributed by atoms with E-state index in [1.165, 1.54) is 6.07 Å². The molecule has 136 valence electrons. The Hall–Kier alpha value is -1.92. The van der Waals surface area contributed by atoms with Crippen molar-refractivity contribution in [1.82, 2.24) is 4.72 Å². The average molecular weight is 390 g/mol. The van der Waals surface area contributed by atoms with Crippen LogP contribution in [0.15, 0.2) is 65.6 Å². The fourth-order valence-corrected chi connectivity index (χ4v) is 4.53. The van der Waals surface area contributed by atoms with E-state index in [-0.39, 0.29) is 17.9 Å². The first-order valence-electron chi connectivity index (χ1n) is 8.30. The van der Waals surface area contributed by atoms with E-state index in [1.54, 1.807) is 19.1 Å². The SMILES string of the molecule is Cc1c(Cl)cccc1S(=O)(=O)NCCC(O)c1cccc2ccccc12.